The molecule has 0 bridgehead atoms. The molecule has 0 saturated carbocycles. The second-order valence-corrected chi connectivity index (χ2v) is 9.82. The van der Waals surface area contributed by atoms with E-state index in [1.807, 2.05) is 0 Å². The maximum Gasteiger partial charge on any atom is 0.243 e. The van der Waals surface area contributed by atoms with Gasteiger partial charge in [0.1, 0.15) is 17.6 Å². The maximum absolute atomic E-state index is 13.1. The molecule has 0 aromatic carbocycles. The van der Waals surface area contributed by atoms with Gasteiger partial charge in [-0.15, -0.1) is 11.3 Å². The molecule has 5 N–H and O–H groups in total. The van der Waals surface area contributed by atoms with Crippen LogP contribution >= 0.6 is 11.3 Å². The van der Waals surface area contributed by atoms with E-state index in [9.17, 15) is 18.8 Å². The zero-order valence-corrected chi connectivity index (χ0v) is 21.4. The van der Waals surface area contributed by atoms with Crippen LogP contribution in [0.4, 0.5) is 4.39 Å². The van der Waals surface area contributed by atoms with E-state index in [0.29, 0.717) is 30.9 Å². The van der Waals surface area contributed by atoms with E-state index < -0.39 is 23.7 Å². The summed E-state index contributed by atoms with van der Waals surface area (Å²) in [6, 6.07) is 3.55. The van der Waals surface area contributed by atoms with Crippen LogP contribution in [-0.2, 0) is 30.4 Å². The third kappa shape index (κ3) is 7.02. The fraction of sp³-hybridized carbons (Fsp3) is 0.458. The van der Waals surface area contributed by atoms with Crippen LogP contribution in [-0.4, -0.2) is 78.2 Å². The molecular weight excluding hydrogens is 519 g/mol. The maximum atomic E-state index is 13.1. The van der Waals surface area contributed by atoms with Crippen LogP contribution in [0.3, 0.4) is 0 Å². The predicted molar refractivity (Wildman–Crippen MR) is 134 cm³/mol. The summed E-state index contributed by atoms with van der Waals surface area (Å²) in [5.41, 5.74) is 6.07. The molecule has 1 unspecified atom stereocenters. The number of nitrogens with one attached hydrogen (secondary N) is 3. The van der Waals surface area contributed by atoms with Crippen LogP contribution in [0.2, 0.25) is 0 Å². The monoisotopic (exact) mass is 548 g/mol. The molecule has 2 aliphatic rings. The summed E-state index contributed by atoms with van der Waals surface area (Å²) >= 11 is 1.37. The molecule has 2 aromatic heterocycles. The summed E-state index contributed by atoms with van der Waals surface area (Å²) in [6.45, 7) is 0.920. The van der Waals surface area contributed by atoms with Gasteiger partial charge in [0, 0.05) is 40.9 Å². The second-order valence-electron chi connectivity index (χ2n) is 8.83. The van der Waals surface area contributed by atoms with E-state index in [1.165, 1.54) is 28.5 Å². The number of nitrogen functional groups attached to an aromatic ring is 1. The molecule has 1 spiro atoms. The van der Waals surface area contributed by atoms with Crippen molar-refractivity contribution < 1.29 is 33.0 Å². The standard InChI is InChI=1S/C24H29FN6O6S/c25-19-9-16(3-4-28-19)35-5-1-2-20(32)29-12-21(33)31-14-24(36-6-7-37-24)10-18(31)23(34)30-11-17-8-15(13-38-17)22(26)27/h3-4,8-9,13,18H,1-2,5-7,10-12,14H2,(H3,26,27)(H,29,32)(H,30,34). The smallest absolute Gasteiger partial charge is 0.243 e. The number of nitrogens with zero attached hydrogens (tertiary/aromatic N) is 2. The second kappa shape index (κ2) is 12.3. The van der Waals surface area contributed by atoms with Crippen molar-refractivity contribution in [3.8, 4) is 5.75 Å². The molecule has 12 nitrogen and oxygen atoms in total. The predicted octanol–water partition coefficient (Wildman–Crippen LogP) is 0.502. The fourth-order valence-corrected chi connectivity index (χ4v) is 5.03. The van der Waals surface area contributed by atoms with Crippen molar-refractivity contribution in [2.45, 2.75) is 37.6 Å². The minimum atomic E-state index is -1.05. The molecular formula is C24H29FN6O6S. The number of pyridine rings is 1. The molecule has 4 rings (SSSR count). The number of hydrogen-bond acceptors (Lipinski definition) is 9. The summed E-state index contributed by atoms with van der Waals surface area (Å²) in [6.07, 6.45) is 1.92. The first-order valence-electron chi connectivity index (χ1n) is 12.0. The molecule has 0 radical (unpaired) electrons. The molecule has 1 atom stereocenters. The van der Waals surface area contributed by atoms with Gasteiger partial charge < -0.3 is 35.5 Å². The van der Waals surface area contributed by atoms with Gasteiger partial charge in [-0.3, -0.25) is 19.8 Å². The molecule has 2 saturated heterocycles. The van der Waals surface area contributed by atoms with Crippen LogP contribution < -0.4 is 21.1 Å². The number of halogens is 1. The lowest BCUT2D eigenvalue weighted by Gasteiger charge is -2.24. The lowest BCUT2D eigenvalue weighted by molar-refractivity contribution is -0.152. The minimum absolute atomic E-state index is 0.0532. The van der Waals surface area contributed by atoms with Gasteiger partial charge in [0.25, 0.3) is 0 Å². The SMILES string of the molecule is N=C(N)c1csc(CNC(=O)C2CC3(CN2C(=O)CNC(=O)CCCOc2ccnc(F)c2)OCCO3)c1. The molecule has 2 aromatic rings. The first-order valence-corrected chi connectivity index (χ1v) is 12.9. The van der Waals surface area contributed by atoms with Crippen molar-refractivity contribution in [1.82, 2.24) is 20.5 Å². The number of ether oxygens (including phenoxy) is 3. The number of amidine groups is 1. The highest BCUT2D eigenvalue weighted by Gasteiger charge is 2.52. The van der Waals surface area contributed by atoms with Gasteiger partial charge in [-0.2, -0.15) is 4.39 Å². The highest BCUT2D eigenvalue weighted by atomic mass is 32.1. The quantitative estimate of drug-likeness (QED) is 0.136. The molecule has 2 fully saturated rings. The van der Waals surface area contributed by atoms with Gasteiger partial charge in [-0.05, 0) is 18.6 Å². The molecule has 14 heteroatoms. The van der Waals surface area contributed by atoms with E-state index in [1.54, 1.807) is 11.4 Å². The van der Waals surface area contributed by atoms with E-state index in [-0.39, 0.29) is 56.7 Å². The summed E-state index contributed by atoms with van der Waals surface area (Å²) in [7, 11) is 0. The van der Waals surface area contributed by atoms with Crippen molar-refractivity contribution in [2.24, 2.45) is 5.73 Å². The fourth-order valence-electron chi connectivity index (χ4n) is 4.21. The number of amides is 3. The van der Waals surface area contributed by atoms with Gasteiger partial charge in [-0.25, -0.2) is 4.98 Å². The molecule has 204 valence electrons. The number of aromatic nitrogens is 1. The zero-order chi connectivity index (χ0) is 27.1. The van der Waals surface area contributed by atoms with Gasteiger partial charge in [0.2, 0.25) is 23.7 Å². The summed E-state index contributed by atoms with van der Waals surface area (Å²) < 4.78 is 29.9. The van der Waals surface area contributed by atoms with Crippen molar-refractivity contribution in [3.05, 3.63) is 46.2 Å². The van der Waals surface area contributed by atoms with Crippen molar-refractivity contribution >= 4 is 34.9 Å². The van der Waals surface area contributed by atoms with Gasteiger partial charge in [0.05, 0.1) is 39.5 Å². The van der Waals surface area contributed by atoms with Crippen molar-refractivity contribution in [2.75, 3.05) is 32.9 Å². The van der Waals surface area contributed by atoms with Crippen molar-refractivity contribution in [3.63, 3.8) is 0 Å². The van der Waals surface area contributed by atoms with E-state index in [0.717, 1.165) is 10.9 Å². The average Bonchev–Trinajstić information content (AvgIpc) is 3.64. The van der Waals surface area contributed by atoms with E-state index in [2.05, 4.69) is 15.6 Å². The Kier molecular flexibility index (Phi) is 8.86. The lowest BCUT2D eigenvalue weighted by atomic mass is 10.1. The Morgan fingerprint density at radius 3 is 2.79 bits per heavy atom. The van der Waals surface area contributed by atoms with Crippen LogP contribution in [0.25, 0.3) is 0 Å². The van der Waals surface area contributed by atoms with Gasteiger partial charge in [0.15, 0.2) is 5.79 Å². The number of hydrogen-bond donors (Lipinski definition) is 4. The Morgan fingerprint density at radius 1 is 1.29 bits per heavy atom. The normalized spacial score (nSPS) is 17.9. The van der Waals surface area contributed by atoms with Crippen LogP contribution in [0, 0.1) is 11.4 Å². The Morgan fingerprint density at radius 2 is 2.08 bits per heavy atom. The third-order valence-corrected chi connectivity index (χ3v) is 7.02. The molecule has 0 aliphatic carbocycles. The first-order chi connectivity index (χ1) is 18.2. The van der Waals surface area contributed by atoms with Crippen LogP contribution in [0.5, 0.6) is 5.75 Å². The minimum Gasteiger partial charge on any atom is -0.493 e. The molecule has 3 amide bonds. The van der Waals surface area contributed by atoms with Crippen LogP contribution in [0.1, 0.15) is 29.7 Å². The Bertz CT molecular complexity index is 1190. The number of thiophene rings is 1. The lowest BCUT2D eigenvalue weighted by Crippen LogP contribution is -2.49. The highest BCUT2D eigenvalue weighted by Crippen LogP contribution is 2.35. The average molecular weight is 549 g/mol. The van der Waals surface area contributed by atoms with E-state index in [4.69, 9.17) is 25.4 Å². The summed E-state index contributed by atoms with van der Waals surface area (Å²) in [5, 5.41) is 14.6. The van der Waals surface area contributed by atoms with Crippen LogP contribution in [0.15, 0.2) is 29.8 Å². The number of nitrogens with two attached hydrogens (primary N) is 1. The summed E-state index contributed by atoms with van der Waals surface area (Å²) in [4.78, 5) is 44.0. The van der Waals surface area contributed by atoms with E-state index >= 15 is 0 Å². The molecule has 4 heterocycles. The molecule has 2 aliphatic heterocycles. The topological polar surface area (TPSA) is 169 Å². The highest BCUT2D eigenvalue weighted by molar-refractivity contribution is 7.10. The number of rotatable bonds is 11. The number of carbonyl (C=O) groups excluding carboxylic acids is 3. The van der Waals surface area contributed by atoms with Crippen molar-refractivity contribution in [1.29, 1.82) is 5.41 Å². The zero-order valence-electron chi connectivity index (χ0n) is 20.5. The summed E-state index contributed by atoms with van der Waals surface area (Å²) in [5.74, 6) is -2.61. The number of likely N-dealkylation sites (tertiary alicyclic amines) is 1. The van der Waals surface area contributed by atoms with Gasteiger partial charge >= 0.3 is 0 Å². The first kappa shape index (κ1) is 27.4. The largest absolute Gasteiger partial charge is 0.493 e. The Labute approximate surface area is 222 Å². The molecule has 38 heavy (non-hydrogen) atoms. The Balaban J connectivity index is 1.26. The Hall–Kier alpha value is -3.62. The third-order valence-electron chi connectivity index (χ3n) is 6.08. The number of carbonyl (C=O) groups is 3. The van der Waals surface area contributed by atoms with Gasteiger partial charge in [-0.1, -0.05) is 0 Å².